The number of esters is 2. The van der Waals surface area contributed by atoms with Crippen molar-refractivity contribution in [1.29, 1.82) is 0 Å². The summed E-state index contributed by atoms with van der Waals surface area (Å²) in [5.74, 6) is -2.73. The molecule has 0 amide bonds. The van der Waals surface area contributed by atoms with Gasteiger partial charge in [-0.15, -0.1) is 0 Å². The van der Waals surface area contributed by atoms with Crippen molar-refractivity contribution in [3.8, 4) is 17.2 Å². The standard InChI is InChI=1S/C34H44O19/c1-45-18-8-14(9-19(46-2)24(18)37)4-7-22(36)48-12-20-25(38)27(40)29(42)33(51-20)50-13-21-26(39)28(41)30(43)34(52-21)53-32-23-15(10-35)5-6-16(23)17(11-49-32)31(44)47-3/h4-5,7-9,11,16,20-21,23,25-30,32-35,37-43H,6,10,12-13H2,1-3H3/b7-4+/t16-,20+,21+,23-,25+,26+,27-,28-,29+,30+,32-,33-,34-/m0/s1. The molecule has 0 spiro atoms. The molecular formula is C34H44O19. The van der Waals surface area contributed by atoms with Crippen molar-refractivity contribution in [1.82, 2.24) is 0 Å². The second-order valence-electron chi connectivity index (χ2n) is 12.6. The van der Waals surface area contributed by atoms with E-state index in [2.05, 4.69) is 0 Å². The number of benzene rings is 1. The van der Waals surface area contributed by atoms with Crippen LogP contribution in [0.3, 0.4) is 0 Å². The van der Waals surface area contributed by atoms with Crippen LogP contribution < -0.4 is 9.47 Å². The van der Waals surface area contributed by atoms with E-state index in [9.17, 15) is 50.4 Å². The average Bonchev–Trinajstić information content (AvgIpc) is 3.61. The summed E-state index contributed by atoms with van der Waals surface area (Å²) in [6.45, 7) is -1.59. The molecule has 294 valence electrons. The van der Waals surface area contributed by atoms with Gasteiger partial charge < -0.3 is 83.5 Å². The number of carbonyl (C=O) groups is 2. The number of methoxy groups -OCH3 is 3. The molecule has 8 N–H and O–H groups in total. The van der Waals surface area contributed by atoms with Crippen LogP contribution in [0.25, 0.3) is 6.08 Å². The summed E-state index contributed by atoms with van der Waals surface area (Å²) in [5.41, 5.74) is 1.12. The van der Waals surface area contributed by atoms with Crippen LogP contribution in [0.2, 0.25) is 0 Å². The Morgan fingerprint density at radius 1 is 0.830 bits per heavy atom. The lowest BCUT2D eigenvalue weighted by Gasteiger charge is -2.44. The maximum Gasteiger partial charge on any atom is 0.337 e. The van der Waals surface area contributed by atoms with Gasteiger partial charge in [0.1, 0.15) is 55.4 Å². The molecule has 5 rings (SSSR count). The zero-order chi connectivity index (χ0) is 38.6. The smallest absolute Gasteiger partial charge is 0.337 e. The molecule has 19 heteroatoms. The fraction of sp³-hybridized carbons (Fsp3) is 0.588. The highest BCUT2D eigenvalue weighted by Crippen LogP contribution is 2.44. The maximum atomic E-state index is 12.5. The number of phenolic OH excluding ortho intramolecular Hbond substituents is 1. The number of aliphatic hydroxyl groups is 7. The molecular weight excluding hydrogens is 712 g/mol. The fourth-order valence-corrected chi connectivity index (χ4v) is 6.49. The predicted octanol–water partition coefficient (Wildman–Crippen LogP) is -2.42. The van der Waals surface area contributed by atoms with E-state index in [-0.39, 0.29) is 29.4 Å². The Morgan fingerprint density at radius 3 is 2.04 bits per heavy atom. The van der Waals surface area contributed by atoms with Crippen molar-refractivity contribution < 1.29 is 93.1 Å². The van der Waals surface area contributed by atoms with Crippen LogP contribution in [0.1, 0.15) is 12.0 Å². The lowest BCUT2D eigenvalue weighted by molar-refractivity contribution is -0.352. The first-order chi connectivity index (χ1) is 25.3. The lowest BCUT2D eigenvalue weighted by atomic mass is 9.83. The van der Waals surface area contributed by atoms with E-state index in [4.69, 9.17) is 42.6 Å². The molecule has 1 aromatic carbocycles. The fourth-order valence-electron chi connectivity index (χ4n) is 6.49. The van der Waals surface area contributed by atoms with Gasteiger partial charge in [-0.05, 0) is 35.8 Å². The van der Waals surface area contributed by atoms with Crippen LogP contribution in [0, 0.1) is 11.8 Å². The van der Waals surface area contributed by atoms with E-state index >= 15 is 0 Å². The van der Waals surface area contributed by atoms with Gasteiger partial charge in [0.05, 0.1) is 52.3 Å². The van der Waals surface area contributed by atoms with E-state index in [1.807, 2.05) is 0 Å². The SMILES string of the molecule is COC(=O)C1=CO[C@@H](O[C@@H]2O[C@H](CO[C@H]3O[C@H](COC(=O)/C=C/c4cc(OC)c(O)c(OC)c4)[C@@H](O)[C@H](O)[C@H]3O)[C@@H](O)[C@H](O)[C@H]2O)[C@H]2C(CO)=CC[C@@H]12. The molecule has 0 radical (unpaired) electrons. The number of allylic oxidation sites excluding steroid dienone is 1. The number of aliphatic hydroxyl groups excluding tert-OH is 7. The summed E-state index contributed by atoms with van der Waals surface area (Å²) in [5, 5.41) is 83.6. The van der Waals surface area contributed by atoms with E-state index in [0.29, 0.717) is 17.6 Å². The van der Waals surface area contributed by atoms with E-state index in [1.165, 1.54) is 39.5 Å². The average molecular weight is 757 g/mol. The van der Waals surface area contributed by atoms with Crippen molar-refractivity contribution in [2.24, 2.45) is 11.8 Å². The van der Waals surface area contributed by atoms with E-state index < -0.39 is 105 Å². The number of rotatable bonds is 13. The first-order valence-corrected chi connectivity index (χ1v) is 16.5. The molecule has 0 saturated carbocycles. The van der Waals surface area contributed by atoms with Crippen molar-refractivity contribution in [3.05, 3.63) is 47.3 Å². The van der Waals surface area contributed by atoms with Gasteiger partial charge in [-0.25, -0.2) is 9.59 Å². The number of carbonyl (C=O) groups excluding carboxylic acids is 2. The summed E-state index contributed by atoms with van der Waals surface area (Å²) in [6, 6.07) is 2.88. The first kappa shape index (κ1) is 40.3. The molecule has 3 aliphatic heterocycles. The van der Waals surface area contributed by atoms with E-state index in [1.54, 1.807) is 6.08 Å². The van der Waals surface area contributed by atoms with Gasteiger partial charge in [0.25, 0.3) is 0 Å². The van der Waals surface area contributed by atoms with Gasteiger partial charge in [0, 0.05) is 12.0 Å². The second-order valence-corrected chi connectivity index (χ2v) is 12.6. The molecule has 2 fully saturated rings. The van der Waals surface area contributed by atoms with Gasteiger partial charge in [-0.1, -0.05) is 6.08 Å². The highest BCUT2D eigenvalue weighted by Gasteiger charge is 2.51. The van der Waals surface area contributed by atoms with Crippen LogP contribution in [-0.4, -0.2) is 162 Å². The first-order valence-electron chi connectivity index (χ1n) is 16.5. The number of hydrogen-bond donors (Lipinski definition) is 8. The quantitative estimate of drug-likeness (QED) is 0.0591. The molecule has 0 bridgehead atoms. The number of fused-ring (bicyclic) bond motifs is 1. The Kier molecular flexibility index (Phi) is 13.3. The van der Waals surface area contributed by atoms with Crippen LogP contribution in [-0.2, 0) is 42.7 Å². The van der Waals surface area contributed by atoms with Crippen LogP contribution in [0.4, 0.5) is 0 Å². The van der Waals surface area contributed by atoms with E-state index in [0.717, 1.165) is 12.3 Å². The molecule has 0 unspecified atom stereocenters. The molecule has 2 saturated heterocycles. The lowest BCUT2D eigenvalue weighted by Crippen LogP contribution is -2.62. The summed E-state index contributed by atoms with van der Waals surface area (Å²) in [6.07, 6.45) is -12.4. The minimum absolute atomic E-state index is 0.0945. The molecule has 19 nitrogen and oxygen atoms in total. The summed E-state index contributed by atoms with van der Waals surface area (Å²) in [7, 11) is 3.89. The summed E-state index contributed by atoms with van der Waals surface area (Å²) in [4.78, 5) is 24.8. The minimum Gasteiger partial charge on any atom is -0.502 e. The summed E-state index contributed by atoms with van der Waals surface area (Å²) >= 11 is 0. The Bertz CT molecular complexity index is 1520. The van der Waals surface area contributed by atoms with Gasteiger partial charge in [-0.3, -0.25) is 0 Å². The maximum absolute atomic E-state index is 12.5. The number of ether oxygens (including phenoxy) is 9. The molecule has 1 aromatic rings. The Morgan fingerprint density at radius 2 is 1.43 bits per heavy atom. The number of phenols is 1. The Hall–Kier alpha value is -3.86. The van der Waals surface area contributed by atoms with Gasteiger partial charge in [-0.2, -0.15) is 0 Å². The van der Waals surface area contributed by atoms with Crippen LogP contribution >= 0.6 is 0 Å². The largest absolute Gasteiger partial charge is 0.502 e. The van der Waals surface area contributed by atoms with Gasteiger partial charge >= 0.3 is 11.9 Å². The second kappa shape index (κ2) is 17.5. The number of aromatic hydroxyl groups is 1. The van der Waals surface area contributed by atoms with Crippen molar-refractivity contribution in [2.45, 2.75) is 74.1 Å². The summed E-state index contributed by atoms with van der Waals surface area (Å²) < 4.78 is 48.6. The van der Waals surface area contributed by atoms with Gasteiger partial charge in [0.2, 0.25) is 12.0 Å². The van der Waals surface area contributed by atoms with Crippen molar-refractivity contribution >= 4 is 18.0 Å². The Balaban J connectivity index is 1.20. The van der Waals surface area contributed by atoms with Gasteiger partial charge in [0.15, 0.2) is 24.1 Å². The third-order valence-electron chi connectivity index (χ3n) is 9.45. The monoisotopic (exact) mass is 756 g/mol. The highest BCUT2D eigenvalue weighted by molar-refractivity contribution is 5.89. The van der Waals surface area contributed by atoms with Crippen molar-refractivity contribution in [3.63, 3.8) is 0 Å². The molecule has 0 aromatic heterocycles. The topological polar surface area (TPSA) is 279 Å². The molecule has 53 heavy (non-hydrogen) atoms. The Labute approximate surface area is 302 Å². The highest BCUT2D eigenvalue weighted by atomic mass is 16.8. The molecule has 4 aliphatic rings. The minimum atomic E-state index is -1.83. The third-order valence-corrected chi connectivity index (χ3v) is 9.45. The number of hydrogen-bond acceptors (Lipinski definition) is 19. The zero-order valence-electron chi connectivity index (χ0n) is 28.9. The zero-order valence-corrected chi connectivity index (χ0v) is 28.9. The normalized spacial score (nSPS) is 35.5. The molecule has 13 atom stereocenters. The predicted molar refractivity (Wildman–Crippen MR) is 173 cm³/mol. The molecule has 3 heterocycles. The third kappa shape index (κ3) is 8.60. The van der Waals surface area contributed by atoms with Crippen LogP contribution in [0.15, 0.2) is 41.7 Å². The van der Waals surface area contributed by atoms with Crippen LogP contribution in [0.5, 0.6) is 17.2 Å². The van der Waals surface area contributed by atoms with Crippen molar-refractivity contribution in [2.75, 3.05) is 41.2 Å². The molecule has 1 aliphatic carbocycles.